The fourth-order valence-electron chi connectivity index (χ4n) is 1.05. The molecule has 0 aliphatic heterocycles. The Hall–Kier alpha value is -2.51. The summed E-state index contributed by atoms with van der Waals surface area (Å²) in [5, 5.41) is 10.4. The van der Waals surface area contributed by atoms with Crippen molar-refractivity contribution in [2.45, 2.75) is 0 Å². The van der Waals surface area contributed by atoms with Crippen LogP contribution in [0.5, 0.6) is 0 Å². The number of imidazole rings is 1. The molecular formula is C7H6N6O2. The fourth-order valence-corrected chi connectivity index (χ4v) is 1.05. The first-order valence-corrected chi connectivity index (χ1v) is 3.93. The van der Waals surface area contributed by atoms with Gasteiger partial charge in [0.2, 0.25) is 5.82 Å². The minimum Gasteiger partial charge on any atom is -0.392 e. The highest BCUT2D eigenvalue weighted by Gasteiger charge is 2.15. The molecule has 2 N–H and O–H groups in total. The average Bonchev–Trinajstić information content (AvgIpc) is 2.71. The lowest BCUT2D eigenvalue weighted by Gasteiger charge is -1.99. The van der Waals surface area contributed by atoms with Crippen LogP contribution >= 0.6 is 0 Å². The van der Waals surface area contributed by atoms with Crippen molar-refractivity contribution in [2.75, 3.05) is 5.73 Å². The van der Waals surface area contributed by atoms with Crippen molar-refractivity contribution in [1.82, 2.24) is 19.5 Å². The molecule has 2 rings (SSSR count). The van der Waals surface area contributed by atoms with Gasteiger partial charge in [-0.3, -0.25) is 4.57 Å². The van der Waals surface area contributed by atoms with E-state index in [1.165, 1.54) is 23.3 Å². The van der Waals surface area contributed by atoms with E-state index in [1.807, 2.05) is 0 Å². The van der Waals surface area contributed by atoms with Gasteiger partial charge < -0.3 is 15.8 Å². The van der Waals surface area contributed by atoms with Crippen LogP contribution in [0.3, 0.4) is 0 Å². The van der Waals surface area contributed by atoms with Crippen LogP contribution in [0.25, 0.3) is 5.82 Å². The molecule has 76 valence electrons. The highest BCUT2D eigenvalue weighted by atomic mass is 16.6. The zero-order chi connectivity index (χ0) is 10.8. The molecule has 15 heavy (non-hydrogen) atoms. The van der Waals surface area contributed by atoms with Crippen molar-refractivity contribution in [3.8, 4) is 5.82 Å². The maximum absolute atomic E-state index is 10.4. The zero-order valence-electron chi connectivity index (χ0n) is 7.44. The van der Waals surface area contributed by atoms with Gasteiger partial charge in [-0.2, -0.15) is 0 Å². The lowest BCUT2D eigenvalue weighted by Crippen LogP contribution is -2.05. The Morgan fingerprint density at radius 2 is 2.33 bits per heavy atom. The van der Waals surface area contributed by atoms with Gasteiger partial charge in [0.15, 0.2) is 0 Å². The van der Waals surface area contributed by atoms with Crippen molar-refractivity contribution in [1.29, 1.82) is 0 Å². The van der Waals surface area contributed by atoms with E-state index in [4.69, 9.17) is 5.73 Å². The van der Waals surface area contributed by atoms with E-state index in [0.29, 0.717) is 0 Å². The largest absolute Gasteiger partial charge is 0.470 e. The van der Waals surface area contributed by atoms with Crippen molar-refractivity contribution in [3.05, 3.63) is 35.0 Å². The molecule has 0 saturated carbocycles. The van der Waals surface area contributed by atoms with Crippen LogP contribution in [-0.4, -0.2) is 24.4 Å². The molecule has 0 atom stereocenters. The summed E-state index contributed by atoms with van der Waals surface area (Å²) in [6, 6.07) is 0. The van der Waals surface area contributed by atoms with Crippen molar-refractivity contribution in [3.63, 3.8) is 0 Å². The second kappa shape index (κ2) is 3.33. The van der Waals surface area contributed by atoms with Crippen LogP contribution in [0.1, 0.15) is 0 Å². The minimum absolute atomic E-state index is 0.245. The summed E-state index contributed by atoms with van der Waals surface area (Å²) in [7, 11) is 0. The summed E-state index contributed by atoms with van der Waals surface area (Å²) in [4.78, 5) is 20.7. The third-order valence-electron chi connectivity index (χ3n) is 1.70. The number of nitrogen functional groups attached to an aromatic ring is 1. The predicted octanol–water partition coefficient (Wildman–Crippen LogP) is 0.153. The summed E-state index contributed by atoms with van der Waals surface area (Å²) in [6.07, 6.45) is 5.75. The summed E-state index contributed by atoms with van der Waals surface area (Å²) >= 11 is 0. The Morgan fingerprint density at radius 1 is 1.53 bits per heavy atom. The smallest absolute Gasteiger partial charge is 0.392 e. The first-order chi connectivity index (χ1) is 7.18. The van der Waals surface area contributed by atoms with Crippen molar-refractivity contribution < 1.29 is 4.92 Å². The molecule has 0 spiro atoms. The third kappa shape index (κ3) is 1.59. The van der Waals surface area contributed by atoms with Crippen LogP contribution in [0.4, 0.5) is 11.6 Å². The molecule has 8 nitrogen and oxygen atoms in total. The maximum atomic E-state index is 10.4. The molecule has 0 amide bonds. The van der Waals surface area contributed by atoms with Crippen LogP contribution in [0.15, 0.2) is 24.9 Å². The number of nitrogens with zero attached hydrogens (tertiary/aromatic N) is 5. The molecule has 8 heteroatoms. The molecule has 2 aromatic rings. The van der Waals surface area contributed by atoms with Gasteiger partial charge in [0.1, 0.15) is 18.2 Å². The molecule has 0 bridgehead atoms. The Labute approximate surface area is 83.6 Å². The minimum atomic E-state index is -0.681. The van der Waals surface area contributed by atoms with Crippen molar-refractivity contribution in [2.24, 2.45) is 0 Å². The Morgan fingerprint density at radius 3 is 2.93 bits per heavy atom. The van der Waals surface area contributed by atoms with Gasteiger partial charge >= 0.3 is 5.95 Å². The highest BCUT2D eigenvalue weighted by Crippen LogP contribution is 2.15. The number of nitro groups is 1. The van der Waals surface area contributed by atoms with Crippen LogP contribution in [0, 0.1) is 10.1 Å². The monoisotopic (exact) mass is 206 g/mol. The molecular weight excluding hydrogens is 200 g/mol. The third-order valence-corrected chi connectivity index (χ3v) is 1.70. The van der Waals surface area contributed by atoms with E-state index >= 15 is 0 Å². The standard InChI is InChI=1S/C7H6N6O2/c8-5-3-10-7(13(14)15)11-6(5)12-2-1-9-4-12/h1-4H,8H2. The van der Waals surface area contributed by atoms with Crippen LogP contribution in [-0.2, 0) is 0 Å². The van der Waals surface area contributed by atoms with E-state index in [2.05, 4.69) is 15.0 Å². The van der Waals surface area contributed by atoms with Gasteiger partial charge in [-0.25, -0.2) is 4.98 Å². The molecule has 2 aromatic heterocycles. The van der Waals surface area contributed by atoms with Gasteiger partial charge in [0.05, 0.1) is 0 Å². The first-order valence-electron chi connectivity index (χ1n) is 3.93. The molecule has 0 unspecified atom stereocenters. The van der Waals surface area contributed by atoms with Gasteiger partial charge in [-0.15, -0.1) is 0 Å². The fraction of sp³-hybridized carbons (Fsp3) is 0. The Kier molecular flexibility index (Phi) is 2.01. The topological polar surface area (TPSA) is 113 Å². The maximum Gasteiger partial charge on any atom is 0.470 e. The highest BCUT2D eigenvalue weighted by molar-refractivity contribution is 5.52. The molecule has 0 radical (unpaired) electrons. The second-order valence-electron chi connectivity index (χ2n) is 2.68. The molecule has 0 aliphatic rings. The van der Waals surface area contributed by atoms with Crippen LogP contribution < -0.4 is 5.73 Å². The van der Waals surface area contributed by atoms with E-state index in [-0.39, 0.29) is 11.5 Å². The first kappa shape index (κ1) is 9.06. The van der Waals surface area contributed by atoms with Gasteiger partial charge in [-0.1, -0.05) is 4.98 Å². The summed E-state index contributed by atoms with van der Waals surface area (Å²) in [5.41, 5.74) is 5.83. The Balaban J connectivity index is 2.55. The SMILES string of the molecule is Nc1cnc([N+](=O)[O-])nc1-n1ccnc1. The Bertz CT molecular complexity index is 494. The molecule has 2 heterocycles. The summed E-state index contributed by atoms with van der Waals surface area (Å²) in [5.74, 6) is -0.248. The van der Waals surface area contributed by atoms with E-state index in [9.17, 15) is 10.1 Å². The summed E-state index contributed by atoms with van der Waals surface area (Å²) < 4.78 is 1.48. The van der Waals surface area contributed by atoms with Crippen LogP contribution in [0.2, 0.25) is 0 Å². The molecule has 0 aromatic carbocycles. The number of aromatic nitrogens is 4. The lowest BCUT2D eigenvalue weighted by molar-refractivity contribution is -0.394. The van der Waals surface area contributed by atoms with Gasteiger partial charge in [0.25, 0.3) is 0 Å². The molecule has 0 aliphatic carbocycles. The van der Waals surface area contributed by atoms with E-state index in [1.54, 1.807) is 6.20 Å². The zero-order valence-corrected chi connectivity index (χ0v) is 7.44. The number of nitrogens with two attached hydrogens (primary N) is 1. The number of anilines is 1. The normalized spacial score (nSPS) is 10.1. The van der Waals surface area contributed by atoms with Crippen molar-refractivity contribution >= 4 is 11.6 Å². The quantitative estimate of drug-likeness (QED) is 0.552. The van der Waals surface area contributed by atoms with Gasteiger partial charge in [0, 0.05) is 12.4 Å². The average molecular weight is 206 g/mol. The predicted molar refractivity (Wildman–Crippen MR) is 50.2 cm³/mol. The van der Waals surface area contributed by atoms with Gasteiger partial charge in [-0.05, 0) is 9.91 Å². The lowest BCUT2D eigenvalue weighted by atomic mass is 10.5. The number of hydrogen-bond donors (Lipinski definition) is 1. The van der Waals surface area contributed by atoms with E-state index in [0.717, 1.165) is 0 Å². The second-order valence-corrected chi connectivity index (χ2v) is 2.68. The molecule has 0 saturated heterocycles. The number of hydrogen-bond acceptors (Lipinski definition) is 6. The number of rotatable bonds is 2. The molecule has 0 fully saturated rings. The van der Waals surface area contributed by atoms with E-state index < -0.39 is 10.9 Å². The summed E-state index contributed by atoms with van der Waals surface area (Å²) in [6.45, 7) is 0.